The fourth-order valence-electron chi connectivity index (χ4n) is 5.74. The van der Waals surface area contributed by atoms with E-state index < -0.39 is 8.32 Å². The normalized spacial score (nSPS) is 33.9. The maximum atomic E-state index is 12.7. The molecule has 5 nitrogen and oxygen atoms in total. The predicted octanol–water partition coefficient (Wildman–Crippen LogP) is 7.23. The summed E-state index contributed by atoms with van der Waals surface area (Å²) in [5, 5.41) is 0.107. The molecule has 204 valence electrons. The first-order valence-corrected chi connectivity index (χ1v) is 17.1. The second kappa shape index (κ2) is 11.5. The van der Waals surface area contributed by atoms with Crippen LogP contribution >= 0.6 is 0 Å². The van der Waals surface area contributed by atoms with Crippen molar-refractivity contribution < 1.29 is 23.5 Å². The van der Waals surface area contributed by atoms with Crippen molar-refractivity contribution in [3.8, 4) is 0 Å². The number of ether oxygens (including phenoxy) is 2. The molecule has 36 heavy (non-hydrogen) atoms. The second-order valence-corrected chi connectivity index (χ2v) is 18.0. The van der Waals surface area contributed by atoms with Crippen LogP contribution in [0.2, 0.25) is 18.1 Å². The van der Waals surface area contributed by atoms with Gasteiger partial charge in [-0.15, -0.1) is 0 Å². The molecule has 1 saturated heterocycles. The number of esters is 2. The number of carbonyl (C=O) groups excluding carboxylic acids is 2. The molecule has 0 aromatic heterocycles. The van der Waals surface area contributed by atoms with Crippen molar-refractivity contribution in [1.82, 2.24) is 0 Å². The van der Waals surface area contributed by atoms with Crippen LogP contribution in [0.1, 0.15) is 87.0 Å². The number of hydrogen-bond donors (Lipinski definition) is 0. The lowest BCUT2D eigenvalue weighted by atomic mass is 9.65. The van der Waals surface area contributed by atoms with Gasteiger partial charge >= 0.3 is 11.9 Å². The highest BCUT2D eigenvalue weighted by Gasteiger charge is 2.44. The monoisotopic (exact) mass is 518 g/mol. The van der Waals surface area contributed by atoms with E-state index in [1.54, 1.807) is 0 Å². The Morgan fingerprint density at radius 2 is 1.89 bits per heavy atom. The highest BCUT2D eigenvalue weighted by Crippen LogP contribution is 2.45. The van der Waals surface area contributed by atoms with E-state index in [1.807, 2.05) is 13.8 Å². The van der Waals surface area contributed by atoms with E-state index >= 15 is 0 Å². The molecule has 0 N–H and O–H groups in total. The zero-order chi connectivity index (χ0) is 26.8. The fourth-order valence-corrected chi connectivity index (χ4v) is 7.10. The Balaban J connectivity index is 1.71. The lowest BCUT2D eigenvalue weighted by Gasteiger charge is -2.44. The van der Waals surface area contributed by atoms with Crippen molar-refractivity contribution in [3.05, 3.63) is 23.8 Å². The van der Waals surface area contributed by atoms with Gasteiger partial charge in [-0.2, -0.15) is 0 Å². The van der Waals surface area contributed by atoms with Crippen LogP contribution in [0.15, 0.2) is 23.8 Å². The maximum Gasteiger partial charge on any atom is 0.308 e. The van der Waals surface area contributed by atoms with Crippen LogP contribution in [-0.2, 0) is 23.5 Å². The summed E-state index contributed by atoms with van der Waals surface area (Å²) >= 11 is 0. The first-order chi connectivity index (χ1) is 16.7. The summed E-state index contributed by atoms with van der Waals surface area (Å²) in [6, 6.07) is 0. The highest BCUT2D eigenvalue weighted by atomic mass is 28.4. The van der Waals surface area contributed by atoms with Crippen LogP contribution in [0.5, 0.6) is 0 Å². The van der Waals surface area contributed by atoms with Gasteiger partial charge in [-0.25, -0.2) is 0 Å². The van der Waals surface area contributed by atoms with Crippen LogP contribution in [-0.4, -0.2) is 38.6 Å². The molecule has 0 bridgehead atoms. The Kier molecular flexibility index (Phi) is 9.35. The lowest BCUT2D eigenvalue weighted by Crippen LogP contribution is -2.47. The molecule has 1 heterocycles. The Bertz CT molecular complexity index is 854. The molecule has 8 atom stereocenters. The molecule has 3 rings (SSSR count). The molecule has 0 amide bonds. The molecular weight excluding hydrogens is 468 g/mol. The number of hydrogen-bond acceptors (Lipinski definition) is 5. The third-order valence-electron chi connectivity index (χ3n) is 9.19. The molecule has 1 unspecified atom stereocenters. The standard InChI is InChI=1S/C30H50O5Si/c1-10-20(3)29(32)34-26-16-19(2)15-22-12-11-21(4)25(28(22)26)14-13-23-17-24(18-27(31)33-23)35-36(8,9)30(5,6)7/h11-12,15,19-21,23-26,28H,10,13-14,16-18H2,1-9H3/t19-,20?,21-,23+,24+,25-,26-,28-/m0/s1. The smallest absolute Gasteiger partial charge is 0.308 e. The maximum absolute atomic E-state index is 12.7. The SMILES string of the molecule is CCC(C)C(=O)O[C@H]1C[C@@H](C)C=C2C=C[C@H](C)[C@H](CC[C@@H]3C[C@@H](O[Si](C)(C)C(C)(C)C)CC(=O)O3)[C@H]21. The zero-order valence-electron chi connectivity index (χ0n) is 24.1. The quantitative estimate of drug-likeness (QED) is 0.251. The lowest BCUT2D eigenvalue weighted by molar-refractivity contribution is -0.162. The van der Waals surface area contributed by atoms with Crippen LogP contribution in [0.3, 0.4) is 0 Å². The first kappa shape index (κ1) is 29.2. The summed E-state index contributed by atoms with van der Waals surface area (Å²) in [7, 11) is -1.96. The van der Waals surface area contributed by atoms with Crippen molar-refractivity contribution >= 4 is 20.3 Å². The summed E-state index contributed by atoms with van der Waals surface area (Å²) in [5.41, 5.74) is 1.30. The minimum Gasteiger partial charge on any atom is -0.462 e. The number of cyclic esters (lactones) is 1. The van der Waals surface area contributed by atoms with Gasteiger partial charge in [0.1, 0.15) is 12.2 Å². The number of allylic oxidation sites excluding steroid dienone is 3. The first-order valence-electron chi connectivity index (χ1n) is 14.2. The highest BCUT2D eigenvalue weighted by molar-refractivity contribution is 6.74. The summed E-state index contributed by atoms with van der Waals surface area (Å²) in [5.74, 6) is 1.02. The summed E-state index contributed by atoms with van der Waals surface area (Å²) in [6.07, 6.45) is 11.2. The van der Waals surface area contributed by atoms with Crippen molar-refractivity contribution in [1.29, 1.82) is 0 Å². The van der Waals surface area contributed by atoms with Gasteiger partial charge in [-0.3, -0.25) is 9.59 Å². The van der Waals surface area contributed by atoms with Crippen LogP contribution < -0.4 is 0 Å². The van der Waals surface area contributed by atoms with Crippen LogP contribution in [0, 0.1) is 29.6 Å². The van der Waals surface area contributed by atoms with Gasteiger partial charge in [-0.05, 0) is 67.1 Å². The predicted molar refractivity (Wildman–Crippen MR) is 147 cm³/mol. The van der Waals surface area contributed by atoms with Crippen LogP contribution in [0.25, 0.3) is 0 Å². The van der Waals surface area contributed by atoms with Gasteiger partial charge in [0.15, 0.2) is 8.32 Å². The van der Waals surface area contributed by atoms with E-state index in [2.05, 4.69) is 65.9 Å². The van der Waals surface area contributed by atoms with E-state index in [9.17, 15) is 9.59 Å². The Morgan fingerprint density at radius 1 is 1.19 bits per heavy atom. The molecule has 0 saturated carbocycles. The minimum absolute atomic E-state index is 0.0592. The molecular formula is C30H50O5Si. The van der Waals surface area contributed by atoms with Gasteiger partial charge in [0, 0.05) is 12.3 Å². The minimum atomic E-state index is -1.96. The van der Waals surface area contributed by atoms with Crippen molar-refractivity contribution in [2.75, 3.05) is 0 Å². The Morgan fingerprint density at radius 3 is 2.53 bits per heavy atom. The van der Waals surface area contributed by atoms with Gasteiger partial charge in [0.25, 0.3) is 0 Å². The number of carbonyl (C=O) groups is 2. The third-order valence-corrected chi connectivity index (χ3v) is 13.7. The largest absolute Gasteiger partial charge is 0.462 e. The second-order valence-electron chi connectivity index (χ2n) is 13.2. The average molecular weight is 519 g/mol. The van der Waals surface area contributed by atoms with Gasteiger partial charge in [0.05, 0.1) is 18.4 Å². The summed E-state index contributed by atoms with van der Waals surface area (Å²) in [6.45, 7) is 19.6. The number of rotatable bonds is 8. The Hall–Kier alpha value is -1.40. The van der Waals surface area contributed by atoms with E-state index in [4.69, 9.17) is 13.9 Å². The van der Waals surface area contributed by atoms with Crippen LogP contribution in [0.4, 0.5) is 0 Å². The molecule has 1 aliphatic heterocycles. The molecule has 2 aliphatic carbocycles. The van der Waals surface area contributed by atoms with Gasteiger partial charge in [-0.1, -0.05) is 66.7 Å². The van der Waals surface area contributed by atoms with E-state index in [0.29, 0.717) is 24.2 Å². The molecule has 3 aliphatic rings. The summed E-state index contributed by atoms with van der Waals surface area (Å²) in [4.78, 5) is 25.2. The third kappa shape index (κ3) is 6.92. The Labute approximate surface area is 220 Å². The van der Waals surface area contributed by atoms with Gasteiger partial charge in [0.2, 0.25) is 0 Å². The molecule has 0 aromatic carbocycles. The van der Waals surface area contributed by atoms with Crippen molar-refractivity contribution in [2.45, 2.75) is 123 Å². The fraction of sp³-hybridized carbons (Fsp3) is 0.800. The van der Waals surface area contributed by atoms with E-state index in [-0.39, 0.29) is 47.1 Å². The van der Waals surface area contributed by atoms with Crippen molar-refractivity contribution in [2.24, 2.45) is 29.6 Å². The molecule has 6 heteroatoms. The summed E-state index contributed by atoms with van der Waals surface area (Å²) < 4.78 is 18.6. The van der Waals surface area contributed by atoms with E-state index in [0.717, 1.165) is 32.1 Å². The molecule has 0 aromatic rings. The van der Waals surface area contributed by atoms with E-state index in [1.165, 1.54) is 5.57 Å². The average Bonchev–Trinajstić information content (AvgIpc) is 2.76. The molecule has 0 radical (unpaired) electrons. The zero-order valence-corrected chi connectivity index (χ0v) is 25.1. The van der Waals surface area contributed by atoms with Gasteiger partial charge < -0.3 is 13.9 Å². The molecule has 0 spiro atoms. The topological polar surface area (TPSA) is 61.8 Å². The van der Waals surface area contributed by atoms with Crippen molar-refractivity contribution in [3.63, 3.8) is 0 Å². The molecule has 1 fully saturated rings. The number of fused-ring (bicyclic) bond motifs is 1.